The lowest BCUT2D eigenvalue weighted by Crippen LogP contribution is -2.32. The van der Waals surface area contributed by atoms with Crippen LogP contribution in [0.15, 0.2) is 10.6 Å². The van der Waals surface area contributed by atoms with Crippen LogP contribution in [0, 0.1) is 0 Å². The molecule has 98 valence electrons. The van der Waals surface area contributed by atoms with Gasteiger partial charge in [-0.3, -0.25) is 0 Å². The van der Waals surface area contributed by atoms with Crippen LogP contribution in [0.2, 0.25) is 0 Å². The van der Waals surface area contributed by atoms with Gasteiger partial charge in [-0.2, -0.15) is 0 Å². The minimum atomic E-state index is -0.354. The van der Waals surface area contributed by atoms with Crippen molar-refractivity contribution in [2.45, 2.75) is 19.8 Å². The first kappa shape index (κ1) is 14.3. The van der Waals surface area contributed by atoms with E-state index in [1.807, 2.05) is 6.92 Å². The van der Waals surface area contributed by atoms with Crippen LogP contribution in [-0.2, 0) is 14.3 Å². The Bertz CT molecular complexity index is 288. The van der Waals surface area contributed by atoms with E-state index in [0.717, 1.165) is 19.5 Å². The van der Waals surface area contributed by atoms with Crippen molar-refractivity contribution in [2.75, 3.05) is 33.4 Å². The molecular formula is C11H20N2O3S. The summed E-state index contributed by atoms with van der Waals surface area (Å²) in [5.41, 5.74) is 6.53. The predicted octanol–water partition coefficient (Wildman–Crippen LogP) is 1.11. The van der Waals surface area contributed by atoms with Crippen molar-refractivity contribution in [3.05, 3.63) is 10.6 Å². The van der Waals surface area contributed by atoms with Gasteiger partial charge in [-0.1, -0.05) is 13.3 Å². The van der Waals surface area contributed by atoms with E-state index in [2.05, 4.69) is 4.31 Å². The Kier molecular flexibility index (Phi) is 6.39. The molecule has 0 aromatic heterocycles. The smallest absolute Gasteiger partial charge is 0.347 e. The van der Waals surface area contributed by atoms with Gasteiger partial charge >= 0.3 is 5.97 Å². The summed E-state index contributed by atoms with van der Waals surface area (Å²) in [6, 6.07) is 0. The number of hydrogen-bond donors (Lipinski definition) is 1. The zero-order valence-corrected chi connectivity index (χ0v) is 11.2. The number of nitrogens with zero attached hydrogens (tertiary/aromatic N) is 1. The van der Waals surface area contributed by atoms with E-state index in [1.165, 1.54) is 19.1 Å². The second-order valence-electron chi connectivity index (χ2n) is 3.73. The zero-order chi connectivity index (χ0) is 12.7. The Hall–Kier alpha value is -0.720. The lowest BCUT2D eigenvalue weighted by atomic mass is 10.2. The number of hydrogen-bond acceptors (Lipinski definition) is 6. The number of nitrogens with two attached hydrogens (primary N) is 1. The average molecular weight is 260 g/mol. The summed E-state index contributed by atoms with van der Waals surface area (Å²) in [5, 5.41) is 0. The fourth-order valence-corrected chi connectivity index (χ4v) is 2.44. The van der Waals surface area contributed by atoms with Gasteiger partial charge in [-0.25, -0.2) is 9.10 Å². The van der Waals surface area contributed by atoms with Crippen LogP contribution in [0.5, 0.6) is 0 Å². The highest BCUT2D eigenvalue weighted by atomic mass is 32.2. The predicted molar refractivity (Wildman–Crippen MR) is 68.1 cm³/mol. The standard InChI is InChI=1S/C11H20N2O3S/c1-3-4-9(12)10(11(14)15-2)17-13-5-7-16-8-6-13/h3-8,12H2,1-2H3/b10-9+. The molecule has 1 saturated heterocycles. The van der Waals surface area contributed by atoms with Gasteiger partial charge in [0.2, 0.25) is 0 Å². The second-order valence-corrected chi connectivity index (χ2v) is 4.84. The molecule has 0 bridgehead atoms. The number of ether oxygens (including phenoxy) is 2. The number of morpholine rings is 1. The van der Waals surface area contributed by atoms with E-state index in [4.69, 9.17) is 15.2 Å². The summed E-state index contributed by atoms with van der Waals surface area (Å²) in [4.78, 5) is 12.2. The fraction of sp³-hybridized carbons (Fsp3) is 0.727. The van der Waals surface area contributed by atoms with Gasteiger partial charge in [0.05, 0.1) is 20.3 Å². The molecule has 0 unspecified atom stereocenters. The van der Waals surface area contributed by atoms with E-state index < -0.39 is 0 Å². The zero-order valence-electron chi connectivity index (χ0n) is 10.4. The summed E-state index contributed by atoms with van der Waals surface area (Å²) in [7, 11) is 1.38. The molecule has 6 heteroatoms. The van der Waals surface area contributed by atoms with Crippen molar-refractivity contribution in [1.29, 1.82) is 0 Å². The van der Waals surface area contributed by atoms with Crippen molar-refractivity contribution < 1.29 is 14.3 Å². The second kappa shape index (κ2) is 7.58. The van der Waals surface area contributed by atoms with Gasteiger partial charge in [0.25, 0.3) is 0 Å². The van der Waals surface area contributed by atoms with E-state index in [9.17, 15) is 4.79 Å². The van der Waals surface area contributed by atoms with Crippen LogP contribution in [-0.4, -0.2) is 43.7 Å². The van der Waals surface area contributed by atoms with Gasteiger partial charge in [0.15, 0.2) is 0 Å². The summed E-state index contributed by atoms with van der Waals surface area (Å²) < 4.78 is 12.1. The average Bonchev–Trinajstić information content (AvgIpc) is 2.36. The molecule has 0 aromatic carbocycles. The molecule has 0 amide bonds. The monoisotopic (exact) mass is 260 g/mol. The Labute approximate surface area is 106 Å². The van der Waals surface area contributed by atoms with Crippen LogP contribution >= 0.6 is 11.9 Å². The molecule has 0 spiro atoms. The summed E-state index contributed by atoms with van der Waals surface area (Å²) in [5.74, 6) is -0.354. The number of methoxy groups -OCH3 is 1. The first-order chi connectivity index (χ1) is 8.19. The SMILES string of the molecule is CCC/C(N)=C(\SN1CCOCC1)C(=O)OC. The molecular weight excluding hydrogens is 240 g/mol. The van der Waals surface area contributed by atoms with Crippen LogP contribution in [0.3, 0.4) is 0 Å². The lowest BCUT2D eigenvalue weighted by molar-refractivity contribution is -0.135. The van der Waals surface area contributed by atoms with Gasteiger partial charge in [-0.05, 0) is 18.4 Å². The number of allylic oxidation sites excluding steroid dienone is 1. The number of rotatable bonds is 5. The molecule has 0 aliphatic carbocycles. The summed E-state index contributed by atoms with van der Waals surface area (Å²) in [6.45, 7) is 5.00. The largest absolute Gasteiger partial charge is 0.465 e. The quantitative estimate of drug-likeness (QED) is 0.454. The number of esters is 1. The Morgan fingerprint density at radius 2 is 2.12 bits per heavy atom. The molecule has 1 rings (SSSR count). The van der Waals surface area contributed by atoms with Crippen molar-refractivity contribution in [1.82, 2.24) is 4.31 Å². The van der Waals surface area contributed by atoms with Crippen LogP contribution in [0.4, 0.5) is 0 Å². The van der Waals surface area contributed by atoms with Crippen molar-refractivity contribution in [2.24, 2.45) is 5.73 Å². The Balaban J connectivity index is 2.68. The fourth-order valence-electron chi connectivity index (χ4n) is 1.47. The molecule has 5 nitrogen and oxygen atoms in total. The first-order valence-electron chi connectivity index (χ1n) is 5.76. The first-order valence-corrected chi connectivity index (χ1v) is 6.54. The van der Waals surface area contributed by atoms with Crippen molar-refractivity contribution >= 4 is 17.9 Å². The Morgan fingerprint density at radius 1 is 1.47 bits per heavy atom. The number of carbonyl (C=O) groups excluding carboxylic acids is 1. The maximum absolute atomic E-state index is 11.7. The van der Waals surface area contributed by atoms with Crippen molar-refractivity contribution in [3.63, 3.8) is 0 Å². The van der Waals surface area contributed by atoms with Gasteiger partial charge in [0, 0.05) is 18.8 Å². The van der Waals surface area contributed by atoms with Crippen molar-refractivity contribution in [3.8, 4) is 0 Å². The van der Waals surface area contributed by atoms with E-state index in [-0.39, 0.29) is 5.97 Å². The molecule has 2 N–H and O–H groups in total. The molecule has 0 aromatic rings. The Morgan fingerprint density at radius 3 is 2.65 bits per heavy atom. The lowest BCUT2D eigenvalue weighted by Gasteiger charge is -2.26. The summed E-state index contributed by atoms with van der Waals surface area (Å²) in [6.07, 6.45) is 1.62. The highest BCUT2D eigenvalue weighted by Crippen LogP contribution is 2.26. The van der Waals surface area contributed by atoms with E-state index >= 15 is 0 Å². The third kappa shape index (κ3) is 4.57. The third-order valence-electron chi connectivity index (χ3n) is 2.37. The summed E-state index contributed by atoms with van der Waals surface area (Å²) >= 11 is 1.38. The molecule has 0 saturated carbocycles. The number of carbonyl (C=O) groups is 1. The molecule has 17 heavy (non-hydrogen) atoms. The normalized spacial score (nSPS) is 18.7. The minimum absolute atomic E-state index is 0.354. The molecule has 0 atom stereocenters. The van der Waals surface area contributed by atoms with Crippen LogP contribution in [0.1, 0.15) is 19.8 Å². The topological polar surface area (TPSA) is 64.8 Å². The molecule has 1 aliphatic heterocycles. The highest BCUT2D eigenvalue weighted by Gasteiger charge is 2.20. The molecule has 1 aliphatic rings. The molecule has 1 fully saturated rings. The maximum atomic E-state index is 11.7. The van der Waals surface area contributed by atoms with Crippen LogP contribution < -0.4 is 5.73 Å². The van der Waals surface area contributed by atoms with Gasteiger partial charge in [0.1, 0.15) is 4.91 Å². The molecule has 0 radical (unpaired) electrons. The minimum Gasteiger partial charge on any atom is -0.465 e. The third-order valence-corrected chi connectivity index (χ3v) is 3.61. The highest BCUT2D eigenvalue weighted by molar-refractivity contribution is 8.01. The van der Waals surface area contributed by atoms with E-state index in [1.54, 1.807) is 0 Å². The maximum Gasteiger partial charge on any atom is 0.347 e. The molecule has 1 heterocycles. The van der Waals surface area contributed by atoms with Gasteiger partial charge < -0.3 is 15.2 Å². The van der Waals surface area contributed by atoms with Crippen LogP contribution in [0.25, 0.3) is 0 Å². The van der Waals surface area contributed by atoms with Gasteiger partial charge in [-0.15, -0.1) is 0 Å². The van der Waals surface area contributed by atoms with E-state index in [0.29, 0.717) is 30.2 Å².